The fourth-order valence-corrected chi connectivity index (χ4v) is 4.08. The molecule has 1 aromatic carbocycles. The minimum atomic E-state index is 0.980. The number of hydrogen-bond donors (Lipinski definition) is 0. The molecule has 2 aromatic heterocycles. The van der Waals surface area contributed by atoms with Gasteiger partial charge in [0.2, 0.25) is 0 Å². The number of hydrogen-bond acceptors (Lipinski definition) is 3. The van der Waals surface area contributed by atoms with Gasteiger partial charge in [-0.15, -0.1) is 0 Å². The van der Waals surface area contributed by atoms with Gasteiger partial charge >= 0.3 is 0 Å². The van der Waals surface area contributed by atoms with Crippen molar-refractivity contribution < 1.29 is 0 Å². The smallest absolute Gasteiger partial charge is 0.0958 e. The van der Waals surface area contributed by atoms with E-state index in [-0.39, 0.29) is 0 Å². The van der Waals surface area contributed by atoms with E-state index < -0.39 is 0 Å². The van der Waals surface area contributed by atoms with Crippen molar-refractivity contribution in [2.75, 3.05) is 13.1 Å². The lowest BCUT2D eigenvalue weighted by Crippen LogP contribution is -2.27. The molecule has 136 valence electrons. The molecular weight excluding hydrogens is 322 g/mol. The zero-order chi connectivity index (χ0) is 18.3. The summed E-state index contributed by atoms with van der Waals surface area (Å²) in [7, 11) is 4.11. The average molecular weight is 349 g/mol. The van der Waals surface area contributed by atoms with Crippen LogP contribution in [0, 0.1) is 13.8 Å². The Hall–Kier alpha value is -2.40. The highest BCUT2D eigenvalue weighted by molar-refractivity contribution is 5.64. The Morgan fingerprint density at radius 1 is 0.923 bits per heavy atom. The maximum atomic E-state index is 4.83. The highest BCUT2D eigenvalue weighted by Gasteiger charge is 2.23. The minimum Gasteiger partial charge on any atom is -0.298 e. The molecule has 0 fully saturated rings. The van der Waals surface area contributed by atoms with Crippen LogP contribution in [0.3, 0.4) is 0 Å². The Bertz CT molecular complexity index is 920. The Morgan fingerprint density at radius 3 is 2.35 bits per heavy atom. The summed E-state index contributed by atoms with van der Waals surface area (Å²) in [6.07, 6.45) is 2.09. The molecule has 3 heterocycles. The van der Waals surface area contributed by atoms with Crippen molar-refractivity contribution in [2.45, 2.75) is 33.2 Å². The van der Waals surface area contributed by atoms with Crippen LogP contribution in [0.2, 0.25) is 0 Å². The molecule has 5 heteroatoms. The molecule has 0 spiro atoms. The Kier molecular flexibility index (Phi) is 4.41. The molecule has 1 aliphatic rings. The molecule has 4 rings (SSSR count). The van der Waals surface area contributed by atoms with Crippen LogP contribution in [0.15, 0.2) is 30.3 Å². The van der Waals surface area contributed by atoms with Gasteiger partial charge in [0.05, 0.1) is 11.4 Å². The van der Waals surface area contributed by atoms with Gasteiger partial charge in [-0.05, 0) is 20.3 Å². The molecule has 0 saturated heterocycles. The van der Waals surface area contributed by atoms with Crippen LogP contribution in [-0.4, -0.2) is 37.6 Å². The summed E-state index contributed by atoms with van der Waals surface area (Å²) in [5.41, 5.74) is 8.97. The Labute approximate surface area is 155 Å². The predicted molar refractivity (Wildman–Crippen MR) is 104 cm³/mol. The molecule has 0 amide bonds. The van der Waals surface area contributed by atoms with Gasteiger partial charge in [0.25, 0.3) is 0 Å². The number of fused-ring (bicyclic) bond motifs is 1. The van der Waals surface area contributed by atoms with Gasteiger partial charge in [-0.2, -0.15) is 10.2 Å². The lowest BCUT2D eigenvalue weighted by Gasteiger charge is -2.20. The molecule has 5 nitrogen and oxygen atoms in total. The van der Waals surface area contributed by atoms with E-state index in [1.807, 2.05) is 11.7 Å². The monoisotopic (exact) mass is 349 g/mol. The van der Waals surface area contributed by atoms with E-state index in [4.69, 9.17) is 5.10 Å². The first-order valence-corrected chi connectivity index (χ1v) is 9.36. The van der Waals surface area contributed by atoms with Gasteiger partial charge in [-0.1, -0.05) is 30.3 Å². The summed E-state index contributed by atoms with van der Waals surface area (Å²) in [4.78, 5) is 2.56. The first-order valence-electron chi connectivity index (χ1n) is 9.36. The average Bonchev–Trinajstić information content (AvgIpc) is 2.97. The normalized spacial score (nSPS) is 15.1. The predicted octanol–water partition coefficient (Wildman–Crippen LogP) is 3.04. The van der Waals surface area contributed by atoms with E-state index >= 15 is 0 Å². The molecule has 3 aromatic rings. The first-order chi connectivity index (χ1) is 12.5. The van der Waals surface area contributed by atoms with Gasteiger partial charge in [0, 0.05) is 68.2 Å². The summed E-state index contributed by atoms with van der Waals surface area (Å²) in [6, 6.07) is 10.6. The highest BCUT2D eigenvalue weighted by Crippen LogP contribution is 2.28. The number of nitrogens with zero attached hydrogens (tertiary/aromatic N) is 5. The second-order valence-electron chi connectivity index (χ2n) is 7.31. The second kappa shape index (κ2) is 6.72. The molecule has 0 aliphatic carbocycles. The van der Waals surface area contributed by atoms with Gasteiger partial charge in [0.1, 0.15) is 0 Å². The molecule has 1 aliphatic heterocycles. The quantitative estimate of drug-likeness (QED) is 0.729. The van der Waals surface area contributed by atoms with Crippen LogP contribution in [0.5, 0.6) is 0 Å². The first kappa shape index (κ1) is 17.0. The summed E-state index contributed by atoms with van der Waals surface area (Å²) in [5.74, 6) is 0. The van der Waals surface area contributed by atoms with Crippen LogP contribution in [0.1, 0.15) is 28.2 Å². The van der Waals surface area contributed by atoms with Crippen LogP contribution in [-0.2, 0) is 33.5 Å². The van der Waals surface area contributed by atoms with Crippen molar-refractivity contribution in [3.8, 4) is 11.3 Å². The van der Waals surface area contributed by atoms with Crippen molar-refractivity contribution in [1.29, 1.82) is 0 Å². The van der Waals surface area contributed by atoms with Crippen molar-refractivity contribution in [3.05, 3.63) is 58.5 Å². The lowest BCUT2D eigenvalue weighted by atomic mass is 10.0. The Morgan fingerprint density at radius 2 is 1.65 bits per heavy atom. The summed E-state index contributed by atoms with van der Waals surface area (Å²) in [6.45, 7) is 7.39. The topological polar surface area (TPSA) is 38.9 Å². The third kappa shape index (κ3) is 2.97. The van der Waals surface area contributed by atoms with Gasteiger partial charge in [-0.3, -0.25) is 14.3 Å². The molecule has 26 heavy (non-hydrogen) atoms. The number of rotatable bonds is 3. The van der Waals surface area contributed by atoms with Crippen LogP contribution < -0.4 is 0 Å². The van der Waals surface area contributed by atoms with E-state index in [0.29, 0.717) is 0 Å². The van der Waals surface area contributed by atoms with Gasteiger partial charge in [0.15, 0.2) is 0 Å². The molecule has 0 saturated carbocycles. The standard InChI is InChI=1S/C21H27N5/c1-15-19(16(2)24(3)22-15)14-26-12-10-18-20(11-13-26)25(4)23-21(18)17-8-6-5-7-9-17/h5-9H,10-14H2,1-4H3. The SMILES string of the molecule is Cc1nn(C)c(C)c1CN1CCc2c(-c3ccccc3)nn(C)c2CC1. The molecule has 0 atom stereocenters. The van der Waals surface area contributed by atoms with E-state index in [0.717, 1.165) is 43.9 Å². The highest BCUT2D eigenvalue weighted by atomic mass is 15.3. The van der Waals surface area contributed by atoms with Crippen LogP contribution >= 0.6 is 0 Å². The summed E-state index contributed by atoms with van der Waals surface area (Å²) in [5, 5.41) is 9.40. The summed E-state index contributed by atoms with van der Waals surface area (Å²) >= 11 is 0. The number of aromatic nitrogens is 4. The van der Waals surface area contributed by atoms with E-state index in [1.54, 1.807) is 0 Å². The number of aryl methyl sites for hydroxylation is 3. The fourth-order valence-electron chi connectivity index (χ4n) is 4.08. The third-order valence-electron chi connectivity index (χ3n) is 5.71. The zero-order valence-electron chi connectivity index (χ0n) is 16.2. The fraction of sp³-hybridized carbons (Fsp3) is 0.429. The van der Waals surface area contributed by atoms with Crippen molar-refractivity contribution in [1.82, 2.24) is 24.5 Å². The maximum absolute atomic E-state index is 4.83. The van der Waals surface area contributed by atoms with E-state index in [9.17, 15) is 0 Å². The minimum absolute atomic E-state index is 0.980. The largest absolute Gasteiger partial charge is 0.298 e. The van der Waals surface area contributed by atoms with Crippen molar-refractivity contribution >= 4 is 0 Å². The summed E-state index contributed by atoms with van der Waals surface area (Å²) < 4.78 is 4.08. The molecule has 0 N–H and O–H groups in total. The Balaban J connectivity index is 1.58. The third-order valence-corrected chi connectivity index (χ3v) is 5.71. The van der Waals surface area contributed by atoms with E-state index in [1.165, 1.54) is 28.1 Å². The molecular formula is C21H27N5. The second-order valence-corrected chi connectivity index (χ2v) is 7.31. The van der Waals surface area contributed by atoms with Crippen molar-refractivity contribution in [3.63, 3.8) is 0 Å². The zero-order valence-corrected chi connectivity index (χ0v) is 16.2. The van der Waals surface area contributed by atoms with Crippen molar-refractivity contribution in [2.24, 2.45) is 14.1 Å². The van der Waals surface area contributed by atoms with Gasteiger partial charge in [-0.25, -0.2) is 0 Å². The maximum Gasteiger partial charge on any atom is 0.0958 e. The van der Waals surface area contributed by atoms with Crippen LogP contribution in [0.4, 0.5) is 0 Å². The molecule has 0 bridgehead atoms. The lowest BCUT2D eigenvalue weighted by molar-refractivity contribution is 0.276. The van der Waals surface area contributed by atoms with Crippen LogP contribution in [0.25, 0.3) is 11.3 Å². The van der Waals surface area contributed by atoms with E-state index in [2.05, 4.69) is 65.9 Å². The van der Waals surface area contributed by atoms with Gasteiger partial charge < -0.3 is 0 Å². The number of benzene rings is 1. The molecule has 0 radical (unpaired) electrons. The molecule has 0 unspecified atom stereocenters.